The van der Waals surface area contributed by atoms with Gasteiger partial charge in [0, 0.05) is 6.20 Å². The summed E-state index contributed by atoms with van der Waals surface area (Å²) >= 11 is 0. The lowest BCUT2D eigenvalue weighted by molar-refractivity contribution is 0.0969. The molecule has 4 aromatic rings. The molecule has 0 aliphatic heterocycles. The third-order valence-corrected chi connectivity index (χ3v) is 4.13. The second-order valence-electron chi connectivity index (χ2n) is 5.85. The van der Waals surface area contributed by atoms with E-state index in [1.807, 2.05) is 48.5 Å². The molecule has 0 saturated carbocycles. The molecule has 2 aromatic carbocycles. The molecule has 0 fully saturated rings. The number of nitriles is 1. The van der Waals surface area contributed by atoms with Crippen molar-refractivity contribution < 1.29 is 9.21 Å². The molecule has 0 bridgehead atoms. The predicted molar refractivity (Wildman–Crippen MR) is 95.0 cm³/mol. The number of ketones is 1. The maximum Gasteiger partial charge on any atom is 0.220 e. The van der Waals surface area contributed by atoms with Crippen LogP contribution in [0.15, 0.2) is 65.2 Å². The van der Waals surface area contributed by atoms with E-state index in [4.69, 9.17) is 4.42 Å². The van der Waals surface area contributed by atoms with Crippen LogP contribution in [0.4, 0.5) is 0 Å². The smallest absolute Gasteiger partial charge is 0.220 e. The third kappa shape index (κ3) is 2.66. The van der Waals surface area contributed by atoms with Gasteiger partial charge in [-0.15, -0.1) is 0 Å². The number of para-hydroxylation sites is 3. The number of aromatic nitrogens is 3. The summed E-state index contributed by atoms with van der Waals surface area (Å²) < 4.78 is 7.24. The van der Waals surface area contributed by atoms with Crippen LogP contribution in [0.3, 0.4) is 0 Å². The summed E-state index contributed by atoms with van der Waals surface area (Å²) in [6.07, 6.45) is 1.64. The fraction of sp³-hybridized carbons (Fsp3) is 0.100. The van der Waals surface area contributed by atoms with Crippen molar-refractivity contribution in [3.8, 4) is 11.8 Å². The third-order valence-electron chi connectivity index (χ3n) is 4.13. The first-order valence-electron chi connectivity index (χ1n) is 8.08. The van der Waals surface area contributed by atoms with Gasteiger partial charge < -0.3 is 4.42 Å². The van der Waals surface area contributed by atoms with E-state index in [0.29, 0.717) is 22.4 Å². The van der Waals surface area contributed by atoms with E-state index >= 15 is 0 Å². The molecule has 0 spiro atoms. The molecule has 0 aliphatic rings. The Morgan fingerprint density at radius 2 is 1.88 bits per heavy atom. The number of rotatable bonds is 4. The maximum atomic E-state index is 12.9. The van der Waals surface area contributed by atoms with E-state index in [1.54, 1.807) is 29.9 Å². The van der Waals surface area contributed by atoms with Crippen molar-refractivity contribution >= 4 is 16.9 Å². The van der Waals surface area contributed by atoms with Crippen molar-refractivity contribution in [3.05, 3.63) is 77.9 Å². The lowest BCUT2D eigenvalue weighted by Gasteiger charge is -2.02. The van der Waals surface area contributed by atoms with Gasteiger partial charge in [-0.25, -0.2) is 9.67 Å². The Balaban J connectivity index is 1.72. The molecular weight excluding hydrogens is 328 g/mol. The first kappa shape index (κ1) is 15.8. The Kier molecular flexibility index (Phi) is 3.82. The van der Waals surface area contributed by atoms with Gasteiger partial charge in [0.1, 0.15) is 5.52 Å². The molecule has 0 N–H and O–H groups in total. The normalized spacial score (nSPS) is 12.0. The average Bonchev–Trinajstić information content (AvgIpc) is 3.26. The lowest BCUT2D eigenvalue weighted by Crippen LogP contribution is -2.12. The van der Waals surface area contributed by atoms with Crippen molar-refractivity contribution in [3.63, 3.8) is 0 Å². The van der Waals surface area contributed by atoms with Crippen molar-refractivity contribution in [2.24, 2.45) is 0 Å². The molecule has 6 nitrogen and oxygen atoms in total. The van der Waals surface area contributed by atoms with Gasteiger partial charge in [-0.2, -0.15) is 10.4 Å². The second kappa shape index (κ2) is 6.30. The number of Topliss-reactive ketones (excluding diaryl/α,β-unsaturated/α-hetero) is 1. The molecule has 6 heteroatoms. The molecule has 0 amide bonds. The van der Waals surface area contributed by atoms with Gasteiger partial charge in [0.25, 0.3) is 0 Å². The number of hydrogen-bond donors (Lipinski definition) is 0. The largest absolute Gasteiger partial charge is 0.439 e. The zero-order valence-electron chi connectivity index (χ0n) is 14.0. The van der Waals surface area contributed by atoms with Crippen LogP contribution in [0, 0.1) is 18.3 Å². The Morgan fingerprint density at radius 3 is 2.62 bits per heavy atom. The van der Waals surface area contributed by atoms with Gasteiger partial charge >= 0.3 is 0 Å². The Hall–Kier alpha value is -3.72. The molecule has 0 radical (unpaired) electrons. The highest BCUT2D eigenvalue weighted by molar-refractivity contribution is 6.03. The van der Waals surface area contributed by atoms with Gasteiger partial charge in [0.05, 0.1) is 23.0 Å². The summed E-state index contributed by atoms with van der Waals surface area (Å²) in [4.78, 5) is 17.2. The molecule has 0 saturated heterocycles. The zero-order valence-corrected chi connectivity index (χ0v) is 14.0. The summed E-state index contributed by atoms with van der Waals surface area (Å²) in [6.45, 7) is 1.74. The summed E-state index contributed by atoms with van der Waals surface area (Å²) in [6, 6.07) is 18.7. The van der Waals surface area contributed by atoms with Gasteiger partial charge in [0.15, 0.2) is 17.3 Å². The number of aryl methyl sites for hydroxylation is 1. The van der Waals surface area contributed by atoms with Gasteiger partial charge in [-0.3, -0.25) is 4.79 Å². The van der Waals surface area contributed by atoms with E-state index in [0.717, 1.165) is 5.69 Å². The van der Waals surface area contributed by atoms with E-state index in [2.05, 4.69) is 10.1 Å². The predicted octanol–water partition coefficient (Wildman–Crippen LogP) is 3.81. The first-order valence-corrected chi connectivity index (χ1v) is 8.08. The molecule has 126 valence electrons. The molecule has 1 unspecified atom stereocenters. The Labute approximate surface area is 149 Å². The number of hydrogen-bond acceptors (Lipinski definition) is 5. The standard InChI is InChI=1S/C20H14N4O2/c1-13-16(12-24(23-13)14-7-3-2-4-8-14)19(25)15(11-21)20-22-17-9-5-6-10-18(17)26-20/h2-10,12,15H,1H3. The SMILES string of the molecule is Cc1nn(-c2ccccc2)cc1C(=O)C(C#N)c1nc2ccccc2o1. The molecule has 26 heavy (non-hydrogen) atoms. The molecule has 2 heterocycles. The summed E-state index contributed by atoms with van der Waals surface area (Å²) in [5.41, 5.74) is 2.93. The number of fused-ring (bicyclic) bond motifs is 1. The van der Waals surface area contributed by atoms with E-state index in [-0.39, 0.29) is 11.7 Å². The van der Waals surface area contributed by atoms with E-state index in [1.165, 1.54) is 0 Å². The van der Waals surface area contributed by atoms with Crippen molar-refractivity contribution in [1.82, 2.24) is 14.8 Å². The van der Waals surface area contributed by atoms with Gasteiger partial charge in [-0.05, 0) is 31.2 Å². The molecular formula is C20H14N4O2. The zero-order chi connectivity index (χ0) is 18.1. The lowest BCUT2D eigenvalue weighted by atomic mass is 9.99. The number of benzene rings is 2. The van der Waals surface area contributed by atoms with Crippen LogP contribution in [0.2, 0.25) is 0 Å². The van der Waals surface area contributed by atoms with Crippen LogP contribution in [0.5, 0.6) is 0 Å². The summed E-state index contributed by atoms with van der Waals surface area (Å²) in [5, 5.41) is 13.9. The Morgan fingerprint density at radius 1 is 1.15 bits per heavy atom. The minimum absolute atomic E-state index is 0.102. The maximum absolute atomic E-state index is 12.9. The van der Waals surface area contributed by atoms with Crippen LogP contribution in [0.25, 0.3) is 16.8 Å². The quantitative estimate of drug-likeness (QED) is 0.526. The van der Waals surface area contributed by atoms with Crippen LogP contribution >= 0.6 is 0 Å². The summed E-state index contributed by atoms with van der Waals surface area (Å²) in [7, 11) is 0. The molecule has 0 aliphatic carbocycles. The first-order chi connectivity index (χ1) is 12.7. The number of nitrogens with zero attached hydrogens (tertiary/aromatic N) is 4. The minimum Gasteiger partial charge on any atom is -0.439 e. The van der Waals surface area contributed by atoms with Gasteiger partial charge in [0.2, 0.25) is 5.89 Å². The number of oxazole rings is 1. The van der Waals surface area contributed by atoms with Crippen molar-refractivity contribution in [2.45, 2.75) is 12.8 Å². The van der Waals surface area contributed by atoms with Gasteiger partial charge in [-0.1, -0.05) is 30.3 Å². The highest BCUT2D eigenvalue weighted by Crippen LogP contribution is 2.25. The topological polar surface area (TPSA) is 84.7 Å². The minimum atomic E-state index is -1.12. The van der Waals surface area contributed by atoms with Crippen LogP contribution in [-0.2, 0) is 0 Å². The number of carbonyl (C=O) groups excluding carboxylic acids is 1. The molecule has 2 aromatic heterocycles. The summed E-state index contributed by atoms with van der Waals surface area (Å²) in [5.74, 6) is -1.39. The fourth-order valence-corrected chi connectivity index (χ4v) is 2.81. The van der Waals surface area contributed by atoms with Crippen molar-refractivity contribution in [2.75, 3.05) is 0 Å². The average molecular weight is 342 g/mol. The highest BCUT2D eigenvalue weighted by Gasteiger charge is 2.29. The van der Waals surface area contributed by atoms with Crippen molar-refractivity contribution in [1.29, 1.82) is 5.26 Å². The Bertz CT molecular complexity index is 1100. The monoisotopic (exact) mass is 342 g/mol. The van der Waals surface area contributed by atoms with Crippen LogP contribution < -0.4 is 0 Å². The van der Waals surface area contributed by atoms with E-state index in [9.17, 15) is 10.1 Å². The molecule has 4 rings (SSSR count). The molecule has 1 atom stereocenters. The second-order valence-corrected chi connectivity index (χ2v) is 5.85. The van der Waals surface area contributed by atoms with Crippen LogP contribution in [0.1, 0.15) is 27.9 Å². The van der Waals surface area contributed by atoms with E-state index < -0.39 is 5.92 Å². The van der Waals surface area contributed by atoms with Crippen LogP contribution in [-0.4, -0.2) is 20.5 Å². The fourth-order valence-electron chi connectivity index (χ4n) is 2.81. The number of carbonyl (C=O) groups is 1. The highest BCUT2D eigenvalue weighted by atomic mass is 16.3.